The van der Waals surface area contributed by atoms with Crippen LogP contribution in [0.25, 0.3) is 0 Å². The van der Waals surface area contributed by atoms with Crippen LogP contribution in [-0.2, 0) is 19.9 Å². The Morgan fingerprint density at radius 3 is 2.10 bits per heavy atom. The predicted octanol–water partition coefficient (Wildman–Crippen LogP) is 2.81. The molecule has 1 aliphatic heterocycles. The van der Waals surface area contributed by atoms with Crippen molar-refractivity contribution in [2.24, 2.45) is 0 Å². The minimum atomic E-state index is -1.24. The summed E-state index contributed by atoms with van der Waals surface area (Å²) in [5.41, 5.74) is 0.454. The number of carbonyl (C=O) groups is 4. The number of nitrogens with zero attached hydrogens (tertiary/aromatic N) is 1. The van der Waals surface area contributed by atoms with Gasteiger partial charge in [-0.05, 0) is 48.9 Å². The summed E-state index contributed by atoms with van der Waals surface area (Å²) in [5.74, 6) is -1.21. The van der Waals surface area contributed by atoms with E-state index in [2.05, 4.69) is 31.9 Å². The van der Waals surface area contributed by atoms with Crippen LogP contribution in [-0.4, -0.2) is 35.2 Å². The molecule has 0 aliphatic carbocycles. The summed E-state index contributed by atoms with van der Waals surface area (Å²) in [6, 6.07) is 12.9. The zero-order chi connectivity index (χ0) is 21.2. The van der Waals surface area contributed by atoms with E-state index in [1.807, 2.05) is 0 Å². The molecule has 1 atom stereocenters. The molecule has 1 heterocycles. The van der Waals surface area contributed by atoms with Gasteiger partial charge >= 0.3 is 6.03 Å². The molecule has 0 saturated carbocycles. The molecule has 3 rings (SSSR count). The van der Waals surface area contributed by atoms with Crippen LogP contribution in [0.4, 0.5) is 16.2 Å². The maximum Gasteiger partial charge on any atom is 0.325 e. The van der Waals surface area contributed by atoms with E-state index in [9.17, 15) is 19.2 Å². The Hall–Kier alpha value is -3.20. The van der Waals surface area contributed by atoms with Crippen molar-refractivity contribution in [3.8, 4) is 0 Å². The highest BCUT2D eigenvalue weighted by Gasteiger charge is 2.49. The molecule has 2 aromatic rings. The van der Waals surface area contributed by atoms with Crippen molar-refractivity contribution in [2.75, 3.05) is 17.2 Å². The fourth-order valence-corrected chi connectivity index (χ4v) is 3.27. The highest BCUT2D eigenvalue weighted by Crippen LogP contribution is 2.29. The molecule has 0 unspecified atom stereocenters. The third-order valence-corrected chi connectivity index (χ3v) is 5.02. The minimum absolute atomic E-state index is 0.200. The highest BCUT2D eigenvalue weighted by molar-refractivity contribution is 9.10. The Labute approximate surface area is 175 Å². The molecular formula is C20H19BrN4O4. The largest absolute Gasteiger partial charge is 0.326 e. The molecule has 9 heteroatoms. The van der Waals surface area contributed by atoms with E-state index >= 15 is 0 Å². The molecule has 0 spiro atoms. The van der Waals surface area contributed by atoms with Gasteiger partial charge in [0.15, 0.2) is 0 Å². The van der Waals surface area contributed by atoms with E-state index in [0.717, 1.165) is 9.37 Å². The van der Waals surface area contributed by atoms with Crippen LogP contribution >= 0.6 is 15.9 Å². The van der Waals surface area contributed by atoms with Crippen molar-refractivity contribution in [1.82, 2.24) is 10.2 Å². The Morgan fingerprint density at radius 1 is 1.00 bits per heavy atom. The Kier molecular flexibility index (Phi) is 5.69. The smallest absolute Gasteiger partial charge is 0.325 e. The quantitative estimate of drug-likeness (QED) is 0.598. The Bertz CT molecular complexity index is 975. The second-order valence-electron chi connectivity index (χ2n) is 6.76. The lowest BCUT2D eigenvalue weighted by Gasteiger charge is -2.22. The van der Waals surface area contributed by atoms with Gasteiger partial charge in [-0.25, -0.2) is 4.79 Å². The third kappa shape index (κ3) is 4.45. The normalized spacial score (nSPS) is 18.4. The van der Waals surface area contributed by atoms with E-state index in [-0.39, 0.29) is 5.91 Å². The van der Waals surface area contributed by atoms with Gasteiger partial charge < -0.3 is 16.0 Å². The first-order valence-electron chi connectivity index (χ1n) is 8.77. The van der Waals surface area contributed by atoms with E-state index in [4.69, 9.17) is 0 Å². The molecule has 0 aromatic heterocycles. The molecule has 2 aromatic carbocycles. The lowest BCUT2D eigenvalue weighted by atomic mass is 9.92. The van der Waals surface area contributed by atoms with Gasteiger partial charge in [0.2, 0.25) is 11.8 Å². The first-order valence-corrected chi connectivity index (χ1v) is 9.56. The molecule has 3 N–H and O–H groups in total. The number of halogens is 1. The highest BCUT2D eigenvalue weighted by atomic mass is 79.9. The van der Waals surface area contributed by atoms with Crippen molar-refractivity contribution in [3.05, 3.63) is 58.6 Å². The Morgan fingerprint density at radius 2 is 1.55 bits per heavy atom. The summed E-state index contributed by atoms with van der Waals surface area (Å²) in [6.45, 7) is 2.59. The lowest BCUT2D eigenvalue weighted by molar-refractivity contribution is -0.133. The van der Waals surface area contributed by atoms with Gasteiger partial charge in [-0.15, -0.1) is 0 Å². The number of rotatable bonds is 5. The summed E-state index contributed by atoms with van der Waals surface area (Å²) in [4.78, 5) is 49.5. The van der Waals surface area contributed by atoms with Crippen molar-refractivity contribution in [2.45, 2.75) is 19.4 Å². The number of nitrogens with one attached hydrogen (secondary N) is 3. The fraction of sp³-hybridized carbons (Fsp3) is 0.200. The molecule has 29 heavy (non-hydrogen) atoms. The molecule has 150 valence electrons. The van der Waals surface area contributed by atoms with Crippen LogP contribution in [0.1, 0.15) is 19.4 Å². The van der Waals surface area contributed by atoms with Crippen LogP contribution in [0.5, 0.6) is 0 Å². The van der Waals surface area contributed by atoms with Crippen molar-refractivity contribution in [1.29, 1.82) is 0 Å². The number of imide groups is 1. The van der Waals surface area contributed by atoms with E-state index in [0.29, 0.717) is 16.9 Å². The molecule has 1 fully saturated rings. The average molecular weight is 459 g/mol. The number of urea groups is 1. The third-order valence-electron chi connectivity index (χ3n) is 4.49. The van der Waals surface area contributed by atoms with Gasteiger partial charge in [0.1, 0.15) is 12.1 Å². The second kappa shape index (κ2) is 8.04. The number of amides is 5. The topological polar surface area (TPSA) is 108 Å². The summed E-state index contributed by atoms with van der Waals surface area (Å²) in [6.07, 6.45) is 0. The van der Waals surface area contributed by atoms with Gasteiger partial charge in [-0.2, -0.15) is 0 Å². The van der Waals surface area contributed by atoms with Gasteiger partial charge in [0, 0.05) is 22.8 Å². The first kappa shape index (κ1) is 20.5. The van der Waals surface area contributed by atoms with Crippen LogP contribution in [0.3, 0.4) is 0 Å². The zero-order valence-corrected chi connectivity index (χ0v) is 17.4. The maximum atomic E-state index is 12.9. The van der Waals surface area contributed by atoms with Crippen molar-refractivity contribution in [3.63, 3.8) is 0 Å². The number of benzene rings is 2. The molecule has 5 amide bonds. The summed E-state index contributed by atoms with van der Waals surface area (Å²) in [7, 11) is 0. The minimum Gasteiger partial charge on any atom is -0.326 e. The van der Waals surface area contributed by atoms with E-state index < -0.39 is 29.9 Å². The second-order valence-corrected chi connectivity index (χ2v) is 7.68. The van der Waals surface area contributed by atoms with E-state index in [1.165, 1.54) is 6.92 Å². The molecule has 1 aliphatic rings. The van der Waals surface area contributed by atoms with Gasteiger partial charge in [0.25, 0.3) is 5.91 Å². The maximum absolute atomic E-state index is 12.9. The van der Waals surface area contributed by atoms with Crippen LogP contribution in [0.15, 0.2) is 53.0 Å². The fourth-order valence-electron chi connectivity index (χ4n) is 3.00. The van der Waals surface area contributed by atoms with Crippen LogP contribution in [0.2, 0.25) is 0 Å². The molecule has 0 bridgehead atoms. The van der Waals surface area contributed by atoms with Crippen LogP contribution in [0, 0.1) is 0 Å². The zero-order valence-electron chi connectivity index (χ0n) is 15.8. The van der Waals surface area contributed by atoms with Gasteiger partial charge in [0.05, 0.1) is 0 Å². The van der Waals surface area contributed by atoms with Crippen molar-refractivity contribution < 1.29 is 19.2 Å². The van der Waals surface area contributed by atoms with E-state index in [1.54, 1.807) is 55.5 Å². The van der Waals surface area contributed by atoms with Gasteiger partial charge in [-0.1, -0.05) is 28.1 Å². The summed E-state index contributed by atoms with van der Waals surface area (Å²) in [5, 5.41) is 7.92. The molecule has 0 radical (unpaired) electrons. The number of hydrogen-bond donors (Lipinski definition) is 3. The molecule has 8 nitrogen and oxygen atoms in total. The van der Waals surface area contributed by atoms with Crippen molar-refractivity contribution >= 4 is 51.1 Å². The monoisotopic (exact) mass is 458 g/mol. The first-order chi connectivity index (χ1) is 13.7. The van der Waals surface area contributed by atoms with Gasteiger partial charge in [-0.3, -0.25) is 19.3 Å². The summed E-state index contributed by atoms with van der Waals surface area (Å²) >= 11 is 3.33. The Balaban J connectivity index is 1.67. The SMILES string of the molecule is CC(=O)Nc1ccc(NC(=O)CN2C(=O)N[C@@](C)(c3ccc(Br)cc3)C2=O)cc1. The number of carbonyl (C=O) groups excluding carboxylic acids is 4. The number of anilines is 2. The number of hydrogen-bond acceptors (Lipinski definition) is 4. The summed E-state index contributed by atoms with van der Waals surface area (Å²) < 4.78 is 0.849. The van der Waals surface area contributed by atoms with Crippen LogP contribution < -0.4 is 16.0 Å². The standard InChI is InChI=1S/C20H19BrN4O4/c1-12(26)22-15-7-9-16(10-8-15)23-17(27)11-25-18(28)20(2,24-19(25)29)13-3-5-14(21)6-4-13/h3-10H,11H2,1-2H3,(H,22,26)(H,23,27)(H,24,29)/t20-/m0/s1. The predicted molar refractivity (Wildman–Crippen MR) is 111 cm³/mol. The molecular weight excluding hydrogens is 440 g/mol. The molecule has 1 saturated heterocycles. The lowest BCUT2D eigenvalue weighted by Crippen LogP contribution is -2.42. The average Bonchev–Trinajstić information content (AvgIpc) is 2.87.